The fourth-order valence-corrected chi connectivity index (χ4v) is 8.67. The van der Waals surface area contributed by atoms with Gasteiger partial charge in [-0.15, -0.1) is 0 Å². The summed E-state index contributed by atoms with van der Waals surface area (Å²) in [5, 5.41) is 4.79. The maximum absolute atomic E-state index is 5.99. The number of aromatic amines is 1. The lowest BCUT2D eigenvalue weighted by Crippen LogP contribution is -2.06. The Morgan fingerprint density at radius 3 is 1.41 bits per heavy atom. The highest BCUT2D eigenvalue weighted by Gasteiger charge is 2.21. The first-order valence-corrected chi connectivity index (χ1v) is 22.4. The van der Waals surface area contributed by atoms with E-state index >= 15 is 0 Å². The molecule has 328 valence electrons. The number of oxazole rings is 2. The fraction of sp³-hybridized carbons (Fsp3) is 0. The van der Waals surface area contributed by atoms with E-state index in [1.54, 1.807) is 0 Å². The molecule has 0 saturated carbocycles. The van der Waals surface area contributed by atoms with Gasteiger partial charge in [-0.2, -0.15) is 19.9 Å². The summed E-state index contributed by atoms with van der Waals surface area (Å²) >= 11 is 5.99. The van der Waals surface area contributed by atoms with Crippen LogP contribution in [0.25, 0.3) is 117 Å². The van der Waals surface area contributed by atoms with Crippen LogP contribution in [-0.2, 0) is 0 Å². The van der Waals surface area contributed by atoms with Gasteiger partial charge in [0.25, 0.3) is 0 Å². The molecule has 6 heterocycles. The van der Waals surface area contributed by atoms with Crippen LogP contribution < -0.4 is 0 Å². The lowest BCUT2D eigenvalue weighted by Gasteiger charge is -2.10. The first-order chi connectivity index (χ1) is 34.1. The van der Waals surface area contributed by atoms with Gasteiger partial charge in [0.15, 0.2) is 47.3 Å². The van der Waals surface area contributed by atoms with Gasteiger partial charge in [-0.05, 0) is 48.0 Å². The molecule has 0 aliphatic heterocycles. The fourth-order valence-electron chi connectivity index (χ4n) is 8.51. The SMILES string of the molecule is Clc1nc(-c2ccccc2)nc(-c2ccccc2)n1.c1ccc(-c2nc(-c3ccccc3)nc(-n3c4ccccc4c4ccc5ocnc5c43)n2)cc1.c1ccc2c(c1)[nH]c1c2ccc2ocnc21. The van der Waals surface area contributed by atoms with Crippen LogP contribution in [0.15, 0.2) is 216 Å². The molecule has 0 aliphatic carbocycles. The summed E-state index contributed by atoms with van der Waals surface area (Å²) in [5.41, 5.74) is 11.0. The Morgan fingerprint density at radius 2 is 0.841 bits per heavy atom. The van der Waals surface area contributed by atoms with Crippen LogP contribution in [-0.4, -0.2) is 49.4 Å². The number of para-hydroxylation sites is 2. The summed E-state index contributed by atoms with van der Waals surface area (Å²) in [5.74, 6) is 2.93. The standard InChI is InChI=1S/C28H17N5O.C15H10ClN3.C13H8N2O/c1-3-9-18(10-4-1)26-30-27(19-11-5-2-6-12-19)32-28(31-26)33-22-14-8-7-13-20(22)21-15-16-23-24(25(21)33)29-17-34-23;16-15-18-13(11-7-3-1-4-8-11)17-14(19-15)12-9-5-2-6-10-12;1-2-4-10-8(3-1)9-5-6-11-13(12(9)15-10)14-7-16-11/h1-17H;1-10H;1-7,15H. The van der Waals surface area contributed by atoms with Gasteiger partial charge in [-0.25, -0.2) is 19.9 Å². The summed E-state index contributed by atoms with van der Waals surface area (Å²) in [6.07, 6.45) is 2.96. The van der Waals surface area contributed by atoms with E-state index in [-0.39, 0.29) is 5.28 Å². The molecule has 0 fully saturated rings. The Morgan fingerprint density at radius 1 is 0.391 bits per heavy atom. The zero-order valence-corrected chi connectivity index (χ0v) is 37.1. The Bertz CT molecular complexity index is 3990. The van der Waals surface area contributed by atoms with Crippen molar-refractivity contribution in [1.82, 2.24) is 49.4 Å². The number of hydrogen-bond acceptors (Lipinski definition) is 10. The normalized spacial score (nSPS) is 11.3. The molecule has 6 aromatic heterocycles. The minimum Gasteiger partial charge on any atom is -0.443 e. The number of aromatic nitrogens is 10. The third-order valence-corrected chi connectivity index (χ3v) is 11.8. The molecule has 13 heteroatoms. The van der Waals surface area contributed by atoms with Gasteiger partial charge in [0.2, 0.25) is 11.2 Å². The second-order valence-corrected chi connectivity index (χ2v) is 16.2. The number of rotatable bonds is 5. The van der Waals surface area contributed by atoms with E-state index in [1.165, 1.54) is 23.6 Å². The highest BCUT2D eigenvalue weighted by Crippen LogP contribution is 2.36. The maximum atomic E-state index is 5.99. The zero-order valence-electron chi connectivity index (χ0n) is 36.3. The molecule has 8 aromatic carbocycles. The summed E-state index contributed by atoms with van der Waals surface area (Å²) in [6, 6.07) is 63.9. The van der Waals surface area contributed by atoms with Crippen molar-refractivity contribution in [3.8, 4) is 51.5 Å². The van der Waals surface area contributed by atoms with Gasteiger partial charge in [0, 0.05) is 49.3 Å². The summed E-state index contributed by atoms with van der Waals surface area (Å²) < 4.78 is 13.0. The number of halogens is 1. The van der Waals surface area contributed by atoms with E-state index in [9.17, 15) is 0 Å². The van der Waals surface area contributed by atoms with E-state index in [2.05, 4.69) is 70.9 Å². The third kappa shape index (κ3) is 7.86. The molecule has 0 unspecified atom stereocenters. The van der Waals surface area contributed by atoms with Crippen LogP contribution in [0.2, 0.25) is 5.28 Å². The molecule has 0 atom stereocenters. The number of benzene rings is 8. The average Bonchev–Trinajstić information content (AvgIpc) is 4.24. The van der Waals surface area contributed by atoms with Crippen LogP contribution in [0, 0.1) is 0 Å². The molecule has 14 rings (SSSR count). The first kappa shape index (κ1) is 41.1. The van der Waals surface area contributed by atoms with E-state index in [0.29, 0.717) is 29.2 Å². The molecule has 0 bridgehead atoms. The molecule has 14 aromatic rings. The summed E-state index contributed by atoms with van der Waals surface area (Å²) in [4.78, 5) is 39.7. The third-order valence-electron chi connectivity index (χ3n) is 11.7. The largest absolute Gasteiger partial charge is 0.443 e. The highest BCUT2D eigenvalue weighted by molar-refractivity contribution is 6.28. The predicted molar refractivity (Wildman–Crippen MR) is 272 cm³/mol. The molecule has 0 saturated heterocycles. The maximum Gasteiger partial charge on any atom is 0.238 e. The monoisotopic (exact) mass is 914 g/mol. The van der Waals surface area contributed by atoms with Crippen molar-refractivity contribution in [2.75, 3.05) is 0 Å². The van der Waals surface area contributed by atoms with Crippen molar-refractivity contribution in [3.63, 3.8) is 0 Å². The number of fused-ring (bicyclic) bond motifs is 10. The van der Waals surface area contributed by atoms with Crippen molar-refractivity contribution in [3.05, 3.63) is 212 Å². The molecular weight excluding hydrogens is 880 g/mol. The molecule has 0 spiro atoms. The zero-order chi connectivity index (χ0) is 46.1. The van der Waals surface area contributed by atoms with Crippen LogP contribution in [0.3, 0.4) is 0 Å². The van der Waals surface area contributed by atoms with Crippen LogP contribution in [0.4, 0.5) is 0 Å². The average molecular weight is 915 g/mol. The van der Waals surface area contributed by atoms with Gasteiger partial charge in [0.1, 0.15) is 11.0 Å². The summed E-state index contributed by atoms with van der Waals surface area (Å²) in [7, 11) is 0. The first-order valence-electron chi connectivity index (χ1n) is 22.0. The summed E-state index contributed by atoms with van der Waals surface area (Å²) in [6.45, 7) is 0. The second kappa shape index (κ2) is 17.8. The van der Waals surface area contributed by atoms with Gasteiger partial charge >= 0.3 is 0 Å². The van der Waals surface area contributed by atoms with Gasteiger partial charge in [0.05, 0.1) is 16.6 Å². The number of hydrogen-bond donors (Lipinski definition) is 1. The number of H-pyrrole nitrogens is 1. The van der Waals surface area contributed by atoms with Crippen molar-refractivity contribution in [2.45, 2.75) is 0 Å². The molecule has 12 nitrogen and oxygen atoms in total. The molecule has 0 amide bonds. The Kier molecular flexibility index (Phi) is 10.6. The minimum absolute atomic E-state index is 0.202. The van der Waals surface area contributed by atoms with Crippen molar-refractivity contribution in [1.29, 1.82) is 0 Å². The van der Waals surface area contributed by atoms with E-state index in [4.69, 9.17) is 35.4 Å². The lowest BCUT2D eigenvalue weighted by atomic mass is 10.1. The number of nitrogens with one attached hydrogen (secondary N) is 1. The lowest BCUT2D eigenvalue weighted by molar-refractivity contribution is 0.602. The minimum atomic E-state index is 0.202. The van der Waals surface area contributed by atoms with Gasteiger partial charge in [-0.3, -0.25) is 4.57 Å². The van der Waals surface area contributed by atoms with Crippen LogP contribution in [0.5, 0.6) is 0 Å². The van der Waals surface area contributed by atoms with E-state index in [0.717, 1.165) is 77.3 Å². The topological polar surface area (TPSA) is 150 Å². The predicted octanol–water partition coefficient (Wildman–Crippen LogP) is 13.8. The molecule has 69 heavy (non-hydrogen) atoms. The van der Waals surface area contributed by atoms with E-state index < -0.39 is 0 Å². The molecular formula is C56H35ClN10O2. The molecule has 0 aliphatic rings. The van der Waals surface area contributed by atoms with Crippen molar-refractivity contribution >= 4 is 77.4 Å². The quantitative estimate of drug-likeness (QED) is 0.177. The van der Waals surface area contributed by atoms with Crippen LogP contribution >= 0.6 is 11.6 Å². The van der Waals surface area contributed by atoms with E-state index in [1.807, 2.05) is 158 Å². The van der Waals surface area contributed by atoms with Crippen LogP contribution in [0.1, 0.15) is 0 Å². The smallest absolute Gasteiger partial charge is 0.238 e. The Labute approximate surface area is 397 Å². The Hall–Kier alpha value is -9.39. The highest BCUT2D eigenvalue weighted by atomic mass is 35.5. The number of nitrogens with zero attached hydrogens (tertiary/aromatic N) is 9. The van der Waals surface area contributed by atoms with Crippen molar-refractivity contribution in [2.24, 2.45) is 0 Å². The van der Waals surface area contributed by atoms with Gasteiger partial charge in [-0.1, -0.05) is 158 Å². The Balaban J connectivity index is 0.000000118. The molecule has 0 radical (unpaired) electrons. The van der Waals surface area contributed by atoms with Gasteiger partial charge < -0.3 is 13.8 Å². The van der Waals surface area contributed by atoms with Crippen molar-refractivity contribution < 1.29 is 8.83 Å². The second-order valence-electron chi connectivity index (χ2n) is 15.9. The molecule has 1 N–H and O–H groups in total.